The fourth-order valence-corrected chi connectivity index (χ4v) is 8.97. The number of carbonyl (C=O) groups excluding carboxylic acids is 3. The molecule has 4 rings (SSSR count). The number of carbonyl (C=O) groups is 3. The fourth-order valence-electron chi connectivity index (χ4n) is 8.97. The van der Waals surface area contributed by atoms with Gasteiger partial charge in [-0.05, 0) is 60.7 Å². The average molecular weight is 471 g/mol. The average Bonchev–Trinajstić information content (AvgIpc) is 3.01. The van der Waals surface area contributed by atoms with Crippen molar-refractivity contribution in [3.63, 3.8) is 0 Å². The Labute approximate surface area is 206 Å². The van der Waals surface area contributed by atoms with Crippen molar-refractivity contribution in [2.24, 2.45) is 45.3 Å². The molecule has 190 valence electrons. The van der Waals surface area contributed by atoms with Crippen LogP contribution >= 0.6 is 0 Å². The lowest BCUT2D eigenvalue weighted by Gasteiger charge is -2.60. The molecule has 0 spiro atoms. The number of aliphatic hydroxyl groups is 1. The molecule has 2 fully saturated rings. The number of aliphatic hydroxyl groups excluding tert-OH is 1. The van der Waals surface area contributed by atoms with Crippen LogP contribution in [0, 0.1) is 45.3 Å². The summed E-state index contributed by atoms with van der Waals surface area (Å²) >= 11 is 0. The van der Waals surface area contributed by atoms with E-state index in [0.29, 0.717) is 43.3 Å². The van der Waals surface area contributed by atoms with E-state index in [1.54, 1.807) is 0 Å². The van der Waals surface area contributed by atoms with Crippen LogP contribution in [-0.4, -0.2) is 28.6 Å². The number of allylic oxidation sites excluding steroid dienone is 2. The van der Waals surface area contributed by atoms with Gasteiger partial charge in [0, 0.05) is 47.2 Å². The van der Waals surface area contributed by atoms with Crippen LogP contribution < -0.4 is 0 Å². The van der Waals surface area contributed by atoms with Gasteiger partial charge in [0.1, 0.15) is 5.78 Å². The molecule has 0 radical (unpaired) electrons. The third-order valence-corrected chi connectivity index (χ3v) is 11.5. The monoisotopic (exact) mass is 470 g/mol. The smallest absolute Gasteiger partial charge is 0.160 e. The van der Waals surface area contributed by atoms with Crippen LogP contribution in [0.5, 0.6) is 0 Å². The predicted molar refractivity (Wildman–Crippen MR) is 134 cm³/mol. The van der Waals surface area contributed by atoms with Crippen molar-refractivity contribution >= 4 is 17.3 Å². The third kappa shape index (κ3) is 3.37. The molecule has 4 heteroatoms. The third-order valence-electron chi connectivity index (χ3n) is 11.5. The maximum atomic E-state index is 14.0. The molecular formula is C30H46O4. The van der Waals surface area contributed by atoms with E-state index >= 15 is 0 Å². The minimum absolute atomic E-state index is 0.00919. The second-order valence-electron chi connectivity index (χ2n) is 13.9. The maximum Gasteiger partial charge on any atom is 0.160 e. The number of ketones is 3. The molecular weight excluding hydrogens is 424 g/mol. The van der Waals surface area contributed by atoms with Gasteiger partial charge < -0.3 is 5.11 Å². The highest BCUT2D eigenvalue weighted by Gasteiger charge is 2.67. The Balaban J connectivity index is 1.74. The van der Waals surface area contributed by atoms with Crippen molar-refractivity contribution in [2.45, 2.75) is 113 Å². The number of Topliss-reactive ketones (excluding diaryl/α,β-unsaturated/α-hetero) is 3. The summed E-state index contributed by atoms with van der Waals surface area (Å²) < 4.78 is 0. The molecule has 0 aliphatic heterocycles. The lowest BCUT2D eigenvalue weighted by atomic mass is 9.43. The summed E-state index contributed by atoms with van der Waals surface area (Å²) in [6, 6.07) is 0. The molecule has 4 aliphatic rings. The SMILES string of the molecule is CC(C)C(=O)CC[C@@H](C)C1CC[C@@]2(C)C3=C(C(=O)C[C@]12C)[C@@]1(C)CC[C@H](O)C(C)(C)C1CC3=O. The van der Waals surface area contributed by atoms with Crippen LogP contribution in [0.25, 0.3) is 0 Å². The summed E-state index contributed by atoms with van der Waals surface area (Å²) in [7, 11) is 0. The Hall–Kier alpha value is -1.29. The molecule has 0 aromatic heterocycles. The van der Waals surface area contributed by atoms with E-state index in [1.807, 2.05) is 13.8 Å². The summed E-state index contributed by atoms with van der Waals surface area (Å²) in [5, 5.41) is 10.8. The Morgan fingerprint density at radius 2 is 1.62 bits per heavy atom. The maximum absolute atomic E-state index is 14.0. The number of fused-ring (bicyclic) bond motifs is 4. The Morgan fingerprint density at radius 3 is 2.24 bits per heavy atom. The van der Waals surface area contributed by atoms with Crippen molar-refractivity contribution in [1.82, 2.24) is 0 Å². The Morgan fingerprint density at radius 1 is 0.971 bits per heavy atom. The Bertz CT molecular complexity index is 941. The quantitative estimate of drug-likeness (QED) is 0.527. The Kier molecular flexibility index (Phi) is 6.16. The first-order valence-electron chi connectivity index (χ1n) is 13.6. The summed E-state index contributed by atoms with van der Waals surface area (Å²) in [5.41, 5.74) is 0.357. The molecule has 0 bridgehead atoms. The van der Waals surface area contributed by atoms with E-state index in [1.165, 1.54) is 0 Å². The second kappa shape index (κ2) is 8.11. The minimum Gasteiger partial charge on any atom is -0.393 e. The summed E-state index contributed by atoms with van der Waals surface area (Å²) in [6.45, 7) is 17.0. The normalized spacial score (nSPS) is 42.4. The van der Waals surface area contributed by atoms with E-state index in [9.17, 15) is 19.5 Å². The van der Waals surface area contributed by atoms with Crippen molar-refractivity contribution in [2.75, 3.05) is 0 Å². The first-order valence-corrected chi connectivity index (χ1v) is 13.6. The standard InChI is InChI=1S/C30H46O4/c1-17(2)20(31)10-9-18(3)19-11-14-29(7)26-21(32)15-23-27(4,5)24(34)12-13-28(23,6)25(26)22(33)16-30(19,29)8/h17-19,23-24,34H,9-16H2,1-8H3/t18-,19?,23?,24+,28+,29+,30-/m1/s1. The van der Waals surface area contributed by atoms with E-state index in [2.05, 4.69) is 41.5 Å². The van der Waals surface area contributed by atoms with E-state index < -0.39 is 11.5 Å². The number of hydrogen-bond acceptors (Lipinski definition) is 4. The van der Waals surface area contributed by atoms with Crippen molar-refractivity contribution < 1.29 is 19.5 Å². The van der Waals surface area contributed by atoms with Gasteiger partial charge in [0.15, 0.2) is 11.6 Å². The molecule has 1 N–H and O–H groups in total. The molecule has 0 aromatic rings. The van der Waals surface area contributed by atoms with Gasteiger partial charge in [-0.1, -0.05) is 55.4 Å². The van der Waals surface area contributed by atoms with Gasteiger partial charge in [-0.3, -0.25) is 14.4 Å². The predicted octanol–water partition coefficient (Wildman–Crippen LogP) is 6.10. The van der Waals surface area contributed by atoms with Gasteiger partial charge in [-0.2, -0.15) is 0 Å². The van der Waals surface area contributed by atoms with Crippen LogP contribution in [0.2, 0.25) is 0 Å². The van der Waals surface area contributed by atoms with E-state index in [4.69, 9.17) is 0 Å². The lowest BCUT2D eigenvalue weighted by molar-refractivity contribution is -0.141. The summed E-state index contributed by atoms with van der Waals surface area (Å²) in [6.07, 6.45) is 5.32. The molecule has 4 aliphatic carbocycles. The highest BCUT2D eigenvalue weighted by Crippen LogP contribution is 2.71. The largest absolute Gasteiger partial charge is 0.393 e. The molecule has 2 saturated carbocycles. The van der Waals surface area contributed by atoms with Gasteiger partial charge in [-0.15, -0.1) is 0 Å². The van der Waals surface area contributed by atoms with Crippen LogP contribution in [0.1, 0.15) is 107 Å². The molecule has 0 aromatic carbocycles. The first kappa shape index (κ1) is 25.8. The topological polar surface area (TPSA) is 71.4 Å². The van der Waals surface area contributed by atoms with E-state index in [0.717, 1.165) is 36.8 Å². The van der Waals surface area contributed by atoms with Gasteiger partial charge in [0.05, 0.1) is 6.10 Å². The molecule has 0 amide bonds. The van der Waals surface area contributed by atoms with Gasteiger partial charge >= 0.3 is 0 Å². The molecule has 0 saturated heterocycles. The van der Waals surface area contributed by atoms with Gasteiger partial charge in [0.2, 0.25) is 0 Å². The number of hydrogen-bond donors (Lipinski definition) is 1. The second-order valence-corrected chi connectivity index (χ2v) is 13.9. The van der Waals surface area contributed by atoms with Crippen molar-refractivity contribution in [3.8, 4) is 0 Å². The van der Waals surface area contributed by atoms with Crippen LogP contribution in [0.15, 0.2) is 11.1 Å². The molecule has 0 heterocycles. The highest BCUT2D eigenvalue weighted by molar-refractivity contribution is 6.11. The highest BCUT2D eigenvalue weighted by atomic mass is 16.3. The lowest BCUT2D eigenvalue weighted by Crippen LogP contribution is -2.59. The van der Waals surface area contributed by atoms with Crippen LogP contribution in [-0.2, 0) is 14.4 Å². The van der Waals surface area contributed by atoms with Gasteiger partial charge in [-0.25, -0.2) is 0 Å². The van der Waals surface area contributed by atoms with Crippen molar-refractivity contribution in [1.29, 1.82) is 0 Å². The zero-order valence-electron chi connectivity index (χ0n) is 22.7. The zero-order chi connectivity index (χ0) is 25.4. The van der Waals surface area contributed by atoms with Crippen molar-refractivity contribution in [3.05, 3.63) is 11.1 Å². The molecule has 2 unspecified atom stereocenters. The molecule has 4 nitrogen and oxygen atoms in total. The summed E-state index contributed by atoms with van der Waals surface area (Å²) in [4.78, 5) is 40.2. The van der Waals surface area contributed by atoms with Crippen LogP contribution in [0.3, 0.4) is 0 Å². The fraction of sp³-hybridized carbons (Fsp3) is 0.833. The van der Waals surface area contributed by atoms with E-state index in [-0.39, 0.29) is 39.6 Å². The molecule has 34 heavy (non-hydrogen) atoms. The summed E-state index contributed by atoms with van der Waals surface area (Å²) in [5.74, 6) is 1.35. The van der Waals surface area contributed by atoms with Crippen LogP contribution in [0.4, 0.5) is 0 Å². The van der Waals surface area contributed by atoms with Gasteiger partial charge in [0.25, 0.3) is 0 Å². The first-order chi connectivity index (χ1) is 15.6. The molecule has 7 atom stereocenters. The minimum atomic E-state index is -0.440. The zero-order valence-corrected chi connectivity index (χ0v) is 22.7. The number of rotatable bonds is 5.